The van der Waals surface area contributed by atoms with Crippen molar-refractivity contribution in [3.63, 3.8) is 0 Å². The monoisotopic (exact) mass is 264 g/mol. The van der Waals surface area contributed by atoms with Crippen molar-refractivity contribution in [2.75, 3.05) is 13.1 Å². The predicted octanol–water partition coefficient (Wildman–Crippen LogP) is 2.97. The molecule has 3 nitrogen and oxygen atoms in total. The predicted molar refractivity (Wildman–Crippen MR) is 79.3 cm³/mol. The van der Waals surface area contributed by atoms with Crippen LogP contribution >= 0.6 is 0 Å². The molecule has 1 aromatic heterocycles. The third kappa shape index (κ3) is 4.08. The molecular formula is C16H28N2O. The quantitative estimate of drug-likeness (QED) is 0.859. The molecule has 0 atom stereocenters. The van der Waals surface area contributed by atoms with Gasteiger partial charge >= 0.3 is 0 Å². The lowest BCUT2D eigenvalue weighted by molar-refractivity contribution is 0.296. The summed E-state index contributed by atoms with van der Waals surface area (Å²) in [6.07, 6.45) is 4.92. The van der Waals surface area contributed by atoms with Crippen LogP contribution in [0, 0.1) is 12.8 Å². The van der Waals surface area contributed by atoms with Crippen LogP contribution in [0.3, 0.4) is 0 Å². The van der Waals surface area contributed by atoms with Gasteiger partial charge in [0.2, 0.25) is 0 Å². The summed E-state index contributed by atoms with van der Waals surface area (Å²) in [5.74, 6) is 2.86. The second-order valence-electron chi connectivity index (χ2n) is 6.71. The molecule has 3 N–H and O–H groups in total. The first-order chi connectivity index (χ1) is 8.97. The lowest BCUT2D eigenvalue weighted by atomic mass is 9.85. The third-order valence-corrected chi connectivity index (χ3v) is 4.30. The first-order valence-electron chi connectivity index (χ1n) is 7.50. The van der Waals surface area contributed by atoms with E-state index in [1.165, 1.54) is 25.7 Å². The molecule has 1 aliphatic carbocycles. The maximum Gasteiger partial charge on any atom is 0.111 e. The molecule has 0 radical (unpaired) electrons. The highest BCUT2D eigenvalue weighted by molar-refractivity contribution is 5.15. The summed E-state index contributed by atoms with van der Waals surface area (Å²) in [5.41, 5.74) is 6.00. The zero-order valence-electron chi connectivity index (χ0n) is 12.5. The van der Waals surface area contributed by atoms with Crippen molar-refractivity contribution in [1.82, 2.24) is 5.32 Å². The van der Waals surface area contributed by atoms with E-state index in [0.29, 0.717) is 6.04 Å². The zero-order valence-corrected chi connectivity index (χ0v) is 12.5. The van der Waals surface area contributed by atoms with Crippen LogP contribution < -0.4 is 11.1 Å². The molecule has 1 fully saturated rings. The summed E-state index contributed by atoms with van der Waals surface area (Å²) in [4.78, 5) is 0. The van der Waals surface area contributed by atoms with Gasteiger partial charge in [-0.2, -0.15) is 0 Å². The van der Waals surface area contributed by atoms with Gasteiger partial charge in [-0.25, -0.2) is 0 Å². The van der Waals surface area contributed by atoms with Gasteiger partial charge in [-0.1, -0.05) is 13.8 Å². The Kier molecular flexibility index (Phi) is 4.69. The molecule has 19 heavy (non-hydrogen) atoms. The molecule has 1 saturated carbocycles. The second-order valence-corrected chi connectivity index (χ2v) is 6.71. The summed E-state index contributed by atoms with van der Waals surface area (Å²) in [6, 6.07) is 4.58. The second kappa shape index (κ2) is 6.10. The maximum absolute atomic E-state index is 5.94. The topological polar surface area (TPSA) is 51.2 Å². The Labute approximate surface area is 116 Å². The van der Waals surface area contributed by atoms with E-state index in [-0.39, 0.29) is 5.41 Å². The number of rotatable bonds is 5. The van der Waals surface area contributed by atoms with Crippen molar-refractivity contribution in [3.05, 3.63) is 23.7 Å². The van der Waals surface area contributed by atoms with Crippen LogP contribution in [-0.2, 0) is 5.41 Å². The molecule has 0 bridgehead atoms. The Balaban J connectivity index is 1.75. The molecule has 0 unspecified atom stereocenters. The smallest absolute Gasteiger partial charge is 0.111 e. The molecule has 0 aromatic carbocycles. The van der Waals surface area contributed by atoms with E-state index < -0.39 is 0 Å². The highest BCUT2D eigenvalue weighted by Gasteiger charge is 2.25. The minimum atomic E-state index is 0.0549. The normalized spacial score (nSPS) is 24.6. The minimum absolute atomic E-state index is 0.0549. The van der Waals surface area contributed by atoms with Crippen molar-refractivity contribution in [2.45, 2.75) is 57.9 Å². The van der Waals surface area contributed by atoms with E-state index in [1.54, 1.807) is 0 Å². The van der Waals surface area contributed by atoms with E-state index in [0.717, 1.165) is 30.5 Å². The van der Waals surface area contributed by atoms with Crippen molar-refractivity contribution in [1.29, 1.82) is 0 Å². The average molecular weight is 264 g/mol. The fraction of sp³-hybridized carbons (Fsp3) is 0.750. The molecule has 1 aromatic rings. The average Bonchev–Trinajstić information content (AvgIpc) is 2.79. The van der Waals surface area contributed by atoms with Gasteiger partial charge in [0.25, 0.3) is 0 Å². The summed E-state index contributed by atoms with van der Waals surface area (Å²) < 4.78 is 5.75. The molecule has 0 spiro atoms. The van der Waals surface area contributed by atoms with Gasteiger partial charge in [-0.15, -0.1) is 0 Å². The van der Waals surface area contributed by atoms with Crippen LogP contribution in [-0.4, -0.2) is 19.1 Å². The number of nitrogens with one attached hydrogen (secondary N) is 1. The number of aryl methyl sites for hydroxylation is 1. The van der Waals surface area contributed by atoms with Crippen molar-refractivity contribution < 1.29 is 4.42 Å². The Bertz CT molecular complexity index is 389. The maximum atomic E-state index is 5.94. The molecule has 1 aliphatic rings. The largest absolute Gasteiger partial charge is 0.466 e. The number of nitrogens with two attached hydrogens (primary N) is 1. The van der Waals surface area contributed by atoms with Gasteiger partial charge in [0.15, 0.2) is 0 Å². The SMILES string of the molecule is Cc1ccc(C(C)(C)CNCC2CCC(N)CC2)o1. The Morgan fingerprint density at radius 1 is 1.26 bits per heavy atom. The van der Waals surface area contributed by atoms with Gasteiger partial charge in [0.05, 0.1) is 0 Å². The van der Waals surface area contributed by atoms with E-state index in [2.05, 4.69) is 25.2 Å². The van der Waals surface area contributed by atoms with Crippen LogP contribution in [0.4, 0.5) is 0 Å². The highest BCUT2D eigenvalue weighted by atomic mass is 16.3. The van der Waals surface area contributed by atoms with Crippen LogP contribution in [0.5, 0.6) is 0 Å². The van der Waals surface area contributed by atoms with Gasteiger partial charge in [-0.3, -0.25) is 0 Å². The van der Waals surface area contributed by atoms with Crippen molar-refractivity contribution in [2.24, 2.45) is 11.7 Å². The van der Waals surface area contributed by atoms with Crippen molar-refractivity contribution >= 4 is 0 Å². The Morgan fingerprint density at radius 2 is 1.95 bits per heavy atom. The fourth-order valence-corrected chi connectivity index (χ4v) is 2.87. The van der Waals surface area contributed by atoms with Crippen LogP contribution in [0.25, 0.3) is 0 Å². The molecule has 2 rings (SSSR count). The zero-order chi connectivity index (χ0) is 13.9. The van der Waals surface area contributed by atoms with Crippen LogP contribution in [0.1, 0.15) is 51.1 Å². The molecular weight excluding hydrogens is 236 g/mol. The fourth-order valence-electron chi connectivity index (χ4n) is 2.87. The molecule has 0 saturated heterocycles. The van der Waals surface area contributed by atoms with E-state index in [1.807, 2.05) is 13.0 Å². The first-order valence-corrected chi connectivity index (χ1v) is 7.50. The van der Waals surface area contributed by atoms with Gasteiger partial charge < -0.3 is 15.5 Å². The molecule has 3 heteroatoms. The standard InChI is InChI=1S/C16H28N2O/c1-12-4-9-15(19-12)16(2,3)11-18-10-13-5-7-14(17)8-6-13/h4,9,13-14,18H,5-8,10-11,17H2,1-3H3. The van der Waals surface area contributed by atoms with Gasteiger partial charge in [0, 0.05) is 18.0 Å². The summed E-state index contributed by atoms with van der Waals surface area (Å²) in [6.45, 7) is 8.53. The lowest BCUT2D eigenvalue weighted by Gasteiger charge is -2.28. The van der Waals surface area contributed by atoms with Crippen molar-refractivity contribution in [3.8, 4) is 0 Å². The van der Waals surface area contributed by atoms with E-state index in [4.69, 9.17) is 10.2 Å². The lowest BCUT2D eigenvalue weighted by Crippen LogP contribution is -2.37. The summed E-state index contributed by atoms with van der Waals surface area (Å²) in [7, 11) is 0. The van der Waals surface area contributed by atoms with Crippen LogP contribution in [0.15, 0.2) is 16.5 Å². The van der Waals surface area contributed by atoms with E-state index in [9.17, 15) is 0 Å². The molecule has 0 aliphatic heterocycles. The summed E-state index contributed by atoms with van der Waals surface area (Å²) >= 11 is 0. The third-order valence-electron chi connectivity index (χ3n) is 4.30. The molecule has 1 heterocycles. The number of hydrogen-bond acceptors (Lipinski definition) is 3. The highest BCUT2D eigenvalue weighted by Crippen LogP contribution is 2.25. The molecule has 108 valence electrons. The first kappa shape index (κ1) is 14.6. The summed E-state index contributed by atoms with van der Waals surface area (Å²) in [5, 5.41) is 3.62. The Morgan fingerprint density at radius 3 is 2.53 bits per heavy atom. The van der Waals surface area contributed by atoms with E-state index >= 15 is 0 Å². The Hall–Kier alpha value is -0.800. The number of hydrogen-bond donors (Lipinski definition) is 2. The molecule has 0 amide bonds. The van der Waals surface area contributed by atoms with Crippen LogP contribution in [0.2, 0.25) is 0 Å². The minimum Gasteiger partial charge on any atom is -0.466 e. The van der Waals surface area contributed by atoms with Gasteiger partial charge in [-0.05, 0) is 57.2 Å². The number of furan rings is 1. The van der Waals surface area contributed by atoms with Gasteiger partial charge in [0.1, 0.15) is 11.5 Å².